The van der Waals surface area contributed by atoms with Gasteiger partial charge in [0.1, 0.15) is 0 Å². The normalized spacial score (nSPS) is 10.6. The van der Waals surface area contributed by atoms with Crippen molar-refractivity contribution in [2.24, 2.45) is 0 Å². The molecule has 22 heavy (non-hydrogen) atoms. The zero-order valence-corrected chi connectivity index (χ0v) is 12.9. The molecule has 0 aliphatic heterocycles. The third kappa shape index (κ3) is 4.45. The quantitative estimate of drug-likeness (QED) is 0.871. The van der Waals surface area contributed by atoms with E-state index in [1.54, 1.807) is 25.4 Å². The number of anilines is 1. The van der Waals surface area contributed by atoms with E-state index >= 15 is 0 Å². The van der Waals surface area contributed by atoms with Crippen LogP contribution >= 0.6 is 0 Å². The van der Waals surface area contributed by atoms with Gasteiger partial charge in [-0.05, 0) is 30.2 Å². The molecule has 4 heteroatoms. The van der Waals surface area contributed by atoms with Crippen LogP contribution < -0.4 is 10.1 Å². The molecule has 2 rings (SSSR count). The fraction of sp³-hybridized carbons (Fsp3) is 0.222. The highest BCUT2D eigenvalue weighted by atomic mass is 16.5. The number of ether oxygens (including phenoxy) is 1. The van der Waals surface area contributed by atoms with Crippen LogP contribution in [-0.4, -0.2) is 18.0 Å². The Morgan fingerprint density at radius 1 is 1.23 bits per heavy atom. The number of pyridine rings is 1. The Morgan fingerprint density at radius 3 is 2.59 bits per heavy atom. The van der Waals surface area contributed by atoms with Crippen molar-refractivity contribution in [1.29, 1.82) is 0 Å². The highest BCUT2D eigenvalue weighted by Gasteiger charge is 2.06. The molecule has 0 unspecified atom stereocenters. The molecule has 0 atom stereocenters. The van der Waals surface area contributed by atoms with Gasteiger partial charge >= 0.3 is 0 Å². The van der Waals surface area contributed by atoms with Gasteiger partial charge < -0.3 is 10.1 Å². The lowest BCUT2D eigenvalue weighted by Gasteiger charge is -2.06. The molecule has 0 fully saturated rings. The van der Waals surface area contributed by atoms with Crippen molar-refractivity contribution < 1.29 is 9.53 Å². The van der Waals surface area contributed by atoms with Crippen LogP contribution in [0.1, 0.15) is 35.7 Å². The lowest BCUT2D eigenvalue weighted by molar-refractivity contribution is 0.102. The second-order valence-electron chi connectivity index (χ2n) is 4.86. The van der Waals surface area contributed by atoms with E-state index in [-0.39, 0.29) is 5.91 Å². The van der Waals surface area contributed by atoms with Crippen molar-refractivity contribution in [2.45, 2.75) is 19.8 Å². The second kappa shape index (κ2) is 7.98. The summed E-state index contributed by atoms with van der Waals surface area (Å²) in [6, 6.07) is 11.0. The zero-order valence-electron chi connectivity index (χ0n) is 12.9. The van der Waals surface area contributed by atoms with Crippen LogP contribution in [0.3, 0.4) is 0 Å². The average molecular weight is 296 g/mol. The van der Waals surface area contributed by atoms with Crippen molar-refractivity contribution in [1.82, 2.24) is 4.98 Å². The van der Waals surface area contributed by atoms with Gasteiger partial charge in [0.15, 0.2) is 0 Å². The molecule has 1 N–H and O–H groups in total. The lowest BCUT2D eigenvalue weighted by Crippen LogP contribution is -2.11. The number of benzene rings is 1. The van der Waals surface area contributed by atoms with Crippen LogP contribution in [0.2, 0.25) is 0 Å². The summed E-state index contributed by atoms with van der Waals surface area (Å²) in [6.07, 6.45) is 7.97. The molecule has 1 heterocycles. The van der Waals surface area contributed by atoms with Gasteiger partial charge in [-0.1, -0.05) is 37.6 Å². The van der Waals surface area contributed by atoms with Gasteiger partial charge in [0.05, 0.1) is 19.0 Å². The predicted octanol–water partition coefficient (Wildman–Crippen LogP) is 4.16. The molecule has 0 bridgehead atoms. The number of rotatable bonds is 6. The molecule has 0 saturated heterocycles. The van der Waals surface area contributed by atoms with Gasteiger partial charge in [0.2, 0.25) is 5.88 Å². The maximum absolute atomic E-state index is 12.2. The molecule has 0 radical (unpaired) electrons. The van der Waals surface area contributed by atoms with Gasteiger partial charge in [0.25, 0.3) is 5.91 Å². The highest BCUT2D eigenvalue weighted by Crippen LogP contribution is 2.13. The molecule has 0 saturated carbocycles. The molecule has 4 nitrogen and oxygen atoms in total. The van der Waals surface area contributed by atoms with Gasteiger partial charge in [-0.15, -0.1) is 0 Å². The van der Waals surface area contributed by atoms with E-state index in [0.717, 1.165) is 18.4 Å². The smallest absolute Gasteiger partial charge is 0.255 e. The van der Waals surface area contributed by atoms with E-state index in [1.807, 2.05) is 24.3 Å². The molecule has 1 aromatic carbocycles. The molecule has 1 aromatic heterocycles. The SMILES string of the molecule is CCCC=Cc1ccc(C(=O)Nc2ccc(OC)nc2)cc1. The van der Waals surface area contributed by atoms with Crippen LogP contribution in [-0.2, 0) is 0 Å². The second-order valence-corrected chi connectivity index (χ2v) is 4.86. The van der Waals surface area contributed by atoms with E-state index in [1.165, 1.54) is 0 Å². The molecule has 1 amide bonds. The number of amides is 1. The summed E-state index contributed by atoms with van der Waals surface area (Å²) in [5.74, 6) is 0.359. The zero-order chi connectivity index (χ0) is 15.8. The summed E-state index contributed by atoms with van der Waals surface area (Å²) in [7, 11) is 1.55. The molecule has 0 aliphatic rings. The number of carbonyl (C=O) groups excluding carboxylic acids is 1. The molecule has 0 aliphatic carbocycles. The number of carbonyl (C=O) groups is 1. The summed E-state index contributed by atoms with van der Waals surface area (Å²) in [4.78, 5) is 16.2. The largest absolute Gasteiger partial charge is 0.481 e. The van der Waals surface area contributed by atoms with Crippen molar-refractivity contribution >= 4 is 17.7 Å². The summed E-state index contributed by atoms with van der Waals surface area (Å²) in [6.45, 7) is 2.14. The number of nitrogens with one attached hydrogen (secondary N) is 1. The number of methoxy groups -OCH3 is 1. The van der Waals surface area contributed by atoms with E-state index < -0.39 is 0 Å². The first kappa shape index (κ1) is 15.8. The van der Waals surface area contributed by atoms with Crippen LogP contribution in [0.5, 0.6) is 5.88 Å². The maximum atomic E-state index is 12.2. The number of nitrogens with zero attached hydrogens (tertiary/aromatic N) is 1. The summed E-state index contributed by atoms with van der Waals surface area (Å²) >= 11 is 0. The topological polar surface area (TPSA) is 51.2 Å². The van der Waals surface area contributed by atoms with Crippen LogP contribution in [0.25, 0.3) is 6.08 Å². The molecule has 114 valence electrons. The van der Waals surface area contributed by atoms with E-state index in [9.17, 15) is 4.79 Å². The monoisotopic (exact) mass is 296 g/mol. The third-order valence-corrected chi connectivity index (χ3v) is 3.14. The van der Waals surface area contributed by atoms with Crippen LogP contribution in [0.15, 0.2) is 48.7 Å². The molecule has 0 spiro atoms. The Labute approximate surface area is 130 Å². The van der Waals surface area contributed by atoms with E-state index in [0.29, 0.717) is 17.1 Å². The highest BCUT2D eigenvalue weighted by molar-refractivity contribution is 6.04. The first-order valence-corrected chi connectivity index (χ1v) is 7.31. The Morgan fingerprint density at radius 2 is 2.00 bits per heavy atom. The average Bonchev–Trinajstić information content (AvgIpc) is 2.56. The summed E-state index contributed by atoms with van der Waals surface area (Å²) < 4.78 is 4.98. The Balaban J connectivity index is 1.99. The first-order chi connectivity index (χ1) is 10.7. The Bertz CT molecular complexity index is 631. The lowest BCUT2D eigenvalue weighted by atomic mass is 10.1. The standard InChI is InChI=1S/C18H20N2O2/c1-3-4-5-6-14-7-9-15(10-8-14)18(21)20-16-11-12-17(22-2)19-13-16/h5-13H,3-4H2,1-2H3,(H,20,21). The fourth-order valence-corrected chi connectivity index (χ4v) is 1.91. The molecular weight excluding hydrogens is 276 g/mol. The van der Waals surface area contributed by atoms with E-state index in [4.69, 9.17) is 4.74 Å². The maximum Gasteiger partial charge on any atom is 0.255 e. The molecule has 2 aromatic rings. The fourth-order valence-electron chi connectivity index (χ4n) is 1.91. The number of hydrogen-bond acceptors (Lipinski definition) is 3. The number of aromatic nitrogens is 1. The first-order valence-electron chi connectivity index (χ1n) is 7.31. The van der Waals surface area contributed by atoms with Crippen molar-refractivity contribution in [3.8, 4) is 5.88 Å². The van der Waals surface area contributed by atoms with Crippen molar-refractivity contribution in [2.75, 3.05) is 12.4 Å². The number of hydrogen-bond donors (Lipinski definition) is 1. The summed E-state index contributed by atoms with van der Waals surface area (Å²) in [5.41, 5.74) is 2.34. The number of allylic oxidation sites excluding steroid dienone is 1. The van der Waals surface area contributed by atoms with Crippen molar-refractivity contribution in [3.63, 3.8) is 0 Å². The van der Waals surface area contributed by atoms with Crippen molar-refractivity contribution in [3.05, 3.63) is 59.8 Å². The van der Waals surface area contributed by atoms with E-state index in [2.05, 4.69) is 29.4 Å². The number of unbranched alkanes of at least 4 members (excludes halogenated alkanes) is 1. The summed E-state index contributed by atoms with van der Waals surface area (Å²) in [5, 5.41) is 2.81. The predicted molar refractivity (Wildman–Crippen MR) is 89.1 cm³/mol. The third-order valence-electron chi connectivity index (χ3n) is 3.14. The van der Waals surface area contributed by atoms with Crippen LogP contribution in [0.4, 0.5) is 5.69 Å². The van der Waals surface area contributed by atoms with Gasteiger partial charge in [0, 0.05) is 11.6 Å². The van der Waals surface area contributed by atoms with Gasteiger partial charge in [-0.3, -0.25) is 4.79 Å². The van der Waals surface area contributed by atoms with Gasteiger partial charge in [-0.25, -0.2) is 4.98 Å². The van der Waals surface area contributed by atoms with Crippen LogP contribution in [0, 0.1) is 0 Å². The minimum atomic E-state index is -0.156. The Hall–Kier alpha value is -2.62. The Kier molecular flexibility index (Phi) is 5.72. The minimum absolute atomic E-state index is 0.156. The van der Waals surface area contributed by atoms with Gasteiger partial charge in [-0.2, -0.15) is 0 Å². The minimum Gasteiger partial charge on any atom is -0.481 e. The molecular formula is C18H20N2O2.